The van der Waals surface area contributed by atoms with Crippen molar-refractivity contribution in [3.05, 3.63) is 35.3 Å². The van der Waals surface area contributed by atoms with Crippen molar-refractivity contribution in [1.29, 1.82) is 0 Å². The molecule has 0 aliphatic rings. The topological polar surface area (TPSA) is 79.5 Å². The average molecular weight is 293 g/mol. The van der Waals surface area contributed by atoms with Crippen LogP contribution >= 0.6 is 0 Å². The Hall–Kier alpha value is -2.37. The quantitative estimate of drug-likeness (QED) is 0.908. The monoisotopic (exact) mass is 293 g/mol. The predicted molar refractivity (Wildman–Crippen MR) is 74.6 cm³/mol. The number of carboxylic acid groups (broad SMARTS) is 1. The number of carbonyl (C=O) groups is 2. The van der Waals surface area contributed by atoms with Gasteiger partial charge in [0.05, 0.1) is 0 Å². The first-order valence-corrected chi connectivity index (χ1v) is 6.54. The van der Waals surface area contributed by atoms with E-state index in [0.717, 1.165) is 0 Å². The molecule has 0 radical (unpaired) electrons. The lowest BCUT2D eigenvalue weighted by atomic mass is 10.0. The van der Waals surface area contributed by atoms with Gasteiger partial charge in [-0.25, -0.2) is 9.18 Å². The molecule has 0 aliphatic carbocycles. The van der Waals surface area contributed by atoms with E-state index >= 15 is 0 Å². The molecule has 0 bridgehead atoms. The van der Waals surface area contributed by atoms with E-state index in [0.29, 0.717) is 10.9 Å². The van der Waals surface area contributed by atoms with E-state index in [2.05, 4.69) is 5.32 Å². The molecule has 0 fully saturated rings. The van der Waals surface area contributed by atoms with Crippen molar-refractivity contribution < 1.29 is 23.5 Å². The van der Waals surface area contributed by atoms with Gasteiger partial charge in [0.1, 0.15) is 6.04 Å². The van der Waals surface area contributed by atoms with Crippen molar-refractivity contribution in [2.75, 3.05) is 0 Å². The molecule has 1 heterocycles. The van der Waals surface area contributed by atoms with Crippen LogP contribution in [0.25, 0.3) is 11.0 Å². The lowest BCUT2D eigenvalue weighted by Crippen LogP contribution is -2.44. The molecule has 1 aromatic carbocycles. The number of benzene rings is 1. The molecule has 2 aromatic rings. The lowest BCUT2D eigenvalue weighted by molar-refractivity contribution is -0.140. The van der Waals surface area contributed by atoms with Crippen molar-refractivity contribution in [2.24, 2.45) is 5.92 Å². The SMILES string of the molecule is Cc1c(C(=O)NC(C(=O)O)C(C)C)oc2c(F)cccc12. The minimum absolute atomic E-state index is 0.00317. The molecule has 0 saturated heterocycles. The summed E-state index contributed by atoms with van der Waals surface area (Å²) in [4.78, 5) is 23.3. The minimum Gasteiger partial charge on any atom is -0.480 e. The zero-order valence-corrected chi connectivity index (χ0v) is 11.9. The molecule has 6 heteroatoms. The third kappa shape index (κ3) is 2.74. The van der Waals surface area contributed by atoms with Crippen molar-refractivity contribution in [1.82, 2.24) is 5.32 Å². The van der Waals surface area contributed by atoms with Crippen LogP contribution in [-0.4, -0.2) is 23.0 Å². The number of amides is 1. The van der Waals surface area contributed by atoms with E-state index in [1.807, 2.05) is 0 Å². The van der Waals surface area contributed by atoms with E-state index < -0.39 is 23.7 Å². The van der Waals surface area contributed by atoms with Crippen molar-refractivity contribution in [3.63, 3.8) is 0 Å². The Labute approximate surface area is 120 Å². The first kappa shape index (κ1) is 15.0. The third-order valence-electron chi connectivity index (χ3n) is 3.34. The van der Waals surface area contributed by atoms with Gasteiger partial charge in [0.2, 0.25) is 0 Å². The number of para-hydroxylation sites is 1. The van der Waals surface area contributed by atoms with Crippen LogP contribution in [0.5, 0.6) is 0 Å². The summed E-state index contributed by atoms with van der Waals surface area (Å²) in [7, 11) is 0. The molecule has 2 rings (SSSR count). The average Bonchev–Trinajstić information content (AvgIpc) is 2.74. The molecule has 112 valence electrons. The van der Waals surface area contributed by atoms with E-state index in [1.54, 1.807) is 26.8 Å². The van der Waals surface area contributed by atoms with Crippen LogP contribution in [0.2, 0.25) is 0 Å². The van der Waals surface area contributed by atoms with Gasteiger partial charge in [0.25, 0.3) is 5.91 Å². The number of halogens is 1. The number of hydrogen-bond acceptors (Lipinski definition) is 3. The smallest absolute Gasteiger partial charge is 0.326 e. The number of carbonyl (C=O) groups excluding carboxylic acids is 1. The summed E-state index contributed by atoms with van der Waals surface area (Å²) in [5.41, 5.74) is 0.478. The fourth-order valence-electron chi connectivity index (χ4n) is 2.15. The summed E-state index contributed by atoms with van der Waals surface area (Å²) in [6, 6.07) is 3.37. The van der Waals surface area contributed by atoms with Crippen molar-refractivity contribution >= 4 is 22.8 Å². The van der Waals surface area contributed by atoms with Gasteiger partial charge in [0.15, 0.2) is 17.2 Å². The van der Waals surface area contributed by atoms with Crippen molar-refractivity contribution in [2.45, 2.75) is 26.8 Å². The molecule has 5 nitrogen and oxygen atoms in total. The first-order chi connectivity index (χ1) is 9.82. The molecular formula is C15H16FNO4. The number of rotatable bonds is 4. The molecular weight excluding hydrogens is 277 g/mol. The number of aliphatic carboxylic acids is 1. The van der Waals surface area contributed by atoms with E-state index in [-0.39, 0.29) is 17.3 Å². The van der Waals surface area contributed by atoms with E-state index in [1.165, 1.54) is 12.1 Å². The number of nitrogens with one attached hydrogen (secondary N) is 1. The summed E-state index contributed by atoms with van der Waals surface area (Å²) in [6.07, 6.45) is 0. The van der Waals surface area contributed by atoms with Gasteiger partial charge in [-0.05, 0) is 18.9 Å². The first-order valence-electron chi connectivity index (χ1n) is 6.54. The second kappa shape index (κ2) is 5.55. The summed E-state index contributed by atoms with van der Waals surface area (Å²) >= 11 is 0. The van der Waals surface area contributed by atoms with Crippen LogP contribution in [0.4, 0.5) is 4.39 Å². The maximum atomic E-state index is 13.6. The molecule has 21 heavy (non-hydrogen) atoms. The Morgan fingerprint density at radius 3 is 2.52 bits per heavy atom. The van der Waals surface area contributed by atoms with Gasteiger partial charge >= 0.3 is 5.97 Å². The Morgan fingerprint density at radius 1 is 1.33 bits per heavy atom. The Balaban J connectivity index is 2.38. The standard InChI is InChI=1S/C15H16FNO4/c1-7(2)11(15(19)20)17-14(18)12-8(3)9-5-4-6-10(16)13(9)21-12/h4-7,11H,1-3H3,(H,17,18)(H,19,20). The number of fused-ring (bicyclic) bond motifs is 1. The highest BCUT2D eigenvalue weighted by atomic mass is 19.1. The molecule has 0 saturated carbocycles. The second-order valence-corrected chi connectivity index (χ2v) is 5.21. The zero-order valence-electron chi connectivity index (χ0n) is 11.9. The molecule has 1 unspecified atom stereocenters. The van der Waals surface area contributed by atoms with Crippen LogP contribution in [0, 0.1) is 18.7 Å². The molecule has 2 N–H and O–H groups in total. The number of carboxylic acids is 1. The molecule has 1 amide bonds. The van der Waals surface area contributed by atoms with Gasteiger partial charge in [-0.1, -0.05) is 26.0 Å². The van der Waals surface area contributed by atoms with Gasteiger partial charge in [-0.3, -0.25) is 4.79 Å². The number of furan rings is 1. The van der Waals surface area contributed by atoms with Crippen LogP contribution in [-0.2, 0) is 4.79 Å². The third-order valence-corrected chi connectivity index (χ3v) is 3.34. The maximum Gasteiger partial charge on any atom is 0.326 e. The van der Waals surface area contributed by atoms with Gasteiger partial charge in [0, 0.05) is 10.9 Å². The summed E-state index contributed by atoms with van der Waals surface area (Å²) in [5, 5.41) is 12.0. The van der Waals surface area contributed by atoms with Crippen LogP contribution in [0.15, 0.2) is 22.6 Å². The highest BCUT2D eigenvalue weighted by molar-refractivity contribution is 6.00. The van der Waals surface area contributed by atoms with Gasteiger partial charge < -0.3 is 14.8 Å². The Kier molecular flexibility index (Phi) is 3.97. The Morgan fingerprint density at radius 2 is 2.00 bits per heavy atom. The van der Waals surface area contributed by atoms with Crippen molar-refractivity contribution in [3.8, 4) is 0 Å². The highest BCUT2D eigenvalue weighted by Gasteiger charge is 2.27. The molecule has 1 aromatic heterocycles. The van der Waals surface area contributed by atoms with Gasteiger partial charge in [-0.2, -0.15) is 0 Å². The fraction of sp³-hybridized carbons (Fsp3) is 0.333. The highest BCUT2D eigenvalue weighted by Crippen LogP contribution is 2.27. The van der Waals surface area contributed by atoms with E-state index in [9.17, 15) is 14.0 Å². The summed E-state index contributed by atoms with van der Waals surface area (Å²) in [6.45, 7) is 5.00. The van der Waals surface area contributed by atoms with E-state index in [4.69, 9.17) is 9.52 Å². The second-order valence-electron chi connectivity index (χ2n) is 5.21. The Bertz CT molecular complexity index is 705. The number of hydrogen-bond donors (Lipinski definition) is 2. The largest absolute Gasteiger partial charge is 0.480 e. The molecule has 0 spiro atoms. The molecule has 0 aliphatic heterocycles. The van der Waals surface area contributed by atoms with Crippen LogP contribution < -0.4 is 5.32 Å². The van der Waals surface area contributed by atoms with Crippen LogP contribution in [0.1, 0.15) is 30.0 Å². The van der Waals surface area contributed by atoms with Gasteiger partial charge in [-0.15, -0.1) is 0 Å². The molecule has 1 atom stereocenters. The lowest BCUT2D eigenvalue weighted by Gasteiger charge is -2.17. The normalized spacial score (nSPS) is 12.6. The zero-order chi connectivity index (χ0) is 15.7. The fourth-order valence-corrected chi connectivity index (χ4v) is 2.15. The number of aryl methyl sites for hydroxylation is 1. The predicted octanol–water partition coefficient (Wildman–Crippen LogP) is 2.72. The maximum absolute atomic E-state index is 13.6. The minimum atomic E-state index is -1.13. The summed E-state index contributed by atoms with van der Waals surface area (Å²) in [5.74, 6) is -2.70. The van der Waals surface area contributed by atoms with Crippen LogP contribution in [0.3, 0.4) is 0 Å². The summed E-state index contributed by atoms with van der Waals surface area (Å²) < 4.78 is 18.9.